The molecule has 5 nitrogen and oxygen atoms in total. The normalized spacial score (nSPS) is 25.1. The standard InChI is InChI=1S/C14H19F3N4O/c15-14(16,17)9-20-8-11(7-18-20)19-13(22)21-6-2-4-10-3-1-5-12(10)21/h7-8,10,12H,1-6,9H2,(H,19,22)/t10-,12-/m0/s1. The van der Waals surface area contributed by atoms with Gasteiger partial charge in [0.05, 0.1) is 11.9 Å². The van der Waals surface area contributed by atoms with E-state index in [0.717, 1.165) is 36.8 Å². The Balaban J connectivity index is 1.62. The highest BCUT2D eigenvalue weighted by atomic mass is 19.4. The third-order valence-corrected chi connectivity index (χ3v) is 4.48. The highest BCUT2D eigenvalue weighted by molar-refractivity contribution is 5.89. The first kappa shape index (κ1) is 15.2. The summed E-state index contributed by atoms with van der Waals surface area (Å²) in [5.41, 5.74) is 0.300. The Labute approximate surface area is 126 Å². The summed E-state index contributed by atoms with van der Waals surface area (Å²) < 4.78 is 37.7. The fourth-order valence-corrected chi connectivity index (χ4v) is 3.60. The summed E-state index contributed by atoms with van der Waals surface area (Å²) in [6.07, 6.45) is 3.62. The number of nitrogens with one attached hydrogen (secondary N) is 1. The van der Waals surface area contributed by atoms with Crippen molar-refractivity contribution in [2.45, 2.75) is 50.9 Å². The summed E-state index contributed by atoms with van der Waals surface area (Å²) >= 11 is 0. The number of piperidine rings is 1. The Morgan fingerprint density at radius 3 is 2.86 bits per heavy atom. The van der Waals surface area contributed by atoms with E-state index < -0.39 is 12.7 Å². The van der Waals surface area contributed by atoms with Gasteiger partial charge in [0.25, 0.3) is 0 Å². The monoisotopic (exact) mass is 316 g/mol. The summed E-state index contributed by atoms with van der Waals surface area (Å²) in [5.74, 6) is 0.576. The molecule has 3 rings (SSSR count). The first-order valence-electron chi connectivity index (χ1n) is 7.59. The molecular formula is C14H19F3N4O. The number of rotatable bonds is 2. The molecule has 1 aromatic heterocycles. The third kappa shape index (κ3) is 3.36. The zero-order valence-corrected chi connectivity index (χ0v) is 12.1. The van der Waals surface area contributed by atoms with E-state index in [1.807, 2.05) is 4.90 Å². The van der Waals surface area contributed by atoms with Crippen LogP contribution in [0.15, 0.2) is 12.4 Å². The van der Waals surface area contributed by atoms with Gasteiger partial charge in [-0.1, -0.05) is 6.42 Å². The lowest BCUT2D eigenvalue weighted by Crippen LogP contribution is -2.48. The molecule has 0 aromatic carbocycles. The minimum absolute atomic E-state index is 0.233. The van der Waals surface area contributed by atoms with Gasteiger partial charge in [-0.2, -0.15) is 18.3 Å². The number of halogens is 3. The zero-order valence-electron chi connectivity index (χ0n) is 12.1. The number of likely N-dealkylation sites (tertiary alicyclic amines) is 1. The molecule has 0 radical (unpaired) electrons. The van der Waals surface area contributed by atoms with Crippen LogP contribution in [0.5, 0.6) is 0 Å². The van der Waals surface area contributed by atoms with Crippen molar-refractivity contribution in [2.75, 3.05) is 11.9 Å². The second-order valence-corrected chi connectivity index (χ2v) is 6.07. The summed E-state index contributed by atoms with van der Waals surface area (Å²) in [5, 5.41) is 6.30. The van der Waals surface area contributed by atoms with Crippen LogP contribution in [0.4, 0.5) is 23.7 Å². The molecule has 122 valence electrons. The van der Waals surface area contributed by atoms with Crippen molar-refractivity contribution in [1.82, 2.24) is 14.7 Å². The maximum atomic E-state index is 12.4. The number of hydrogen-bond donors (Lipinski definition) is 1. The lowest BCUT2D eigenvalue weighted by Gasteiger charge is -2.37. The lowest BCUT2D eigenvalue weighted by molar-refractivity contribution is -0.142. The average Bonchev–Trinajstić information content (AvgIpc) is 3.05. The fourth-order valence-electron chi connectivity index (χ4n) is 3.60. The molecule has 8 heteroatoms. The molecule has 1 aromatic rings. The molecule has 1 N–H and O–H groups in total. The minimum Gasteiger partial charge on any atom is -0.321 e. The van der Waals surface area contributed by atoms with Crippen molar-refractivity contribution >= 4 is 11.7 Å². The van der Waals surface area contributed by atoms with Gasteiger partial charge in [-0.05, 0) is 31.6 Å². The second-order valence-electron chi connectivity index (χ2n) is 6.07. The molecule has 0 unspecified atom stereocenters. The molecule has 2 amide bonds. The Kier molecular flexibility index (Phi) is 4.01. The van der Waals surface area contributed by atoms with E-state index in [1.54, 1.807) is 0 Å². The van der Waals surface area contributed by atoms with Gasteiger partial charge < -0.3 is 10.2 Å². The maximum absolute atomic E-state index is 12.4. The molecule has 1 saturated carbocycles. The number of aromatic nitrogens is 2. The molecule has 0 bridgehead atoms. The number of nitrogens with zero attached hydrogens (tertiary/aromatic N) is 3. The van der Waals surface area contributed by atoms with E-state index >= 15 is 0 Å². The topological polar surface area (TPSA) is 50.2 Å². The third-order valence-electron chi connectivity index (χ3n) is 4.48. The Hall–Kier alpha value is -1.73. The molecule has 1 aliphatic heterocycles. The van der Waals surface area contributed by atoms with E-state index in [9.17, 15) is 18.0 Å². The second kappa shape index (κ2) is 5.81. The summed E-state index contributed by atoms with van der Waals surface area (Å²) in [4.78, 5) is 14.2. The number of fused-ring (bicyclic) bond motifs is 1. The van der Waals surface area contributed by atoms with Crippen LogP contribution >= 0.6 is 0 Å². The molecule has 1 saturated heterocycles. The van der Waals surface area contributed by atoms with Crippen molar-refractivity contribution in [1.29, 1.82) is 0 Å². The van der Waals surface area contributed by atoms with E-state index in [2.05, 4.69) is 10.4 Å². The van der Waals surface area contributed by atoms with Crippen molar-refractivity contribution in [3.05, 3.63) is 12.4 Å². The van der Waals surface area contributed by atoms with Gasteiger partial charge >= 0.3 is 12.2 Å². The zero-order chi connectivity index (χ0) is 15.7. The van der Waals surface area contributed by atoms with Crippen LogP contribution < -0.4 is 5.32 Å². The number of hydrogen-bond acceptors (Lipinski definition) is 2. The largest absolute Gasteiger partial charge is 0.408 e. The van der Waals surface area contributed by atoms with Crippen LogP contribution in [0.3, 0.4) is 0 Å². The molecule has 2 fully saturated rings. The Bertz CT molecular complexity index is 542. The molecule has 2 heterocycles. The predicted molar refractivity (Wildman–Crippen MR) is 74.4 cm³/mol. The van der Waals surface area contributed by atoms with E-state index in [4.69, 9.17) is 0 Å². The molecule has 22 heavy (non-hydrogen) atoms. The van der Waals surface area contributed by atoms with E-state index in [-0.39, 0.29) is 12.1 Å². The van der Waals surface area contributed by atoms with Crippen LogP contribution in [0, 0.1) is 5.92 Å². The van der Waals surface area contributed by atoms with Gasteiger partial charge in [-0.3, -0.25) is 4.68 Å². The fraction of sp³-hybridized carbons (Fsp3) is 0.714. The van der Waals surface area contributed by atoms with Crippen molar-refractivity contribution in [3.8, 4) is 0 Å². The maximum Gasteiger partial charge on any atom is 0.408 e. The van der Waals surface area contributed by atoms with Gasteiger partial charge in [0, 0.05) is 18.8 Å². The first-order valence-corrected chi connectivity index (χ1v) is 7.59. The Morgan fingerprint density at radius 1 is 1.32 bits per heavy atom. The SMILES string of the molecule is O=C(Nc1cnn(CC(F)(F)F)c1)N1CCC[C@@H]2CCC[C@@H]21. The van der Waals surface area contributed by atoms with Gasteiger partial charge in [0.2, 0.25) is 0 Å². The lowest BCUT2D eigenvalue weighted by atomic mass is 9.92. The predicted octanol–water partition coefficient (Wildman–Crippen LogP) is 3.24. The minimum atomic E-state index is -4.32. The van der Waals surface area contributed by atoms with Gasteiger partial charge in [-0.15, -0.1) is 0 Å². The van der Waals surface area contributed by atoms with Crippen LogP contribution in [0.25, 0.3) is 0 Å². The number of anilines is 1. The smallest absolute Gasteiger partial charge is 0.321 e. The first-order chi connectivity index (χ1) is 10.4. The van der Waals surface area contributed by atoms with Crippen LogP contribution in [-0.2, 0) is 6.54 Å². The molecular weight excluding hydrogens is 297 g/mol. The van der Waals surface area contributed by atoms with Crippen molar-refractivity contribution in [3.63, 3.8) is 0 Å². The van der Waals surface area contributed by atoms with E-state index in [0.29, 0.717) is 18.2 Å². The number of alkyl halides is 3. The van der Waals surface area contributed by atoms with Crippen molar-refractivity contribution < 1.29 is 18.0 Å². The molecule has 2 aliphatic rings. The van der Waals surface area contributed by atoms with Gasteiger partial charge in [0.15, 0.2) is 0 Å². The van der Waals surface area contributed by atoms with E-state index in [1.165, 1.54) is 12.4 Å². The molecule has 0 spiro atoms. The number of amides is 2. The van der Waals surface area contributed by atoms with Crippen LogP contribution in [-0.4, -0.2) is 39.5 Å². The quantitative estimate of drug-likeness (QED) is 0.910. The van der Waals surface area contributed by atoms with Gasteiger partial charge in [-0.25, -0.2) is 4.79 Å². The summed E-state index contributed by atoms with van der Waals surface area (Å²) in [7, 11) is 0. The number of carbonyl (C=O) groups is 1. The highest BCUT2D eigenvalue weighted by Crippen LogP contribution is 2.36. The van der Waals surface area contributed by atoms with Crippen LogP contribution in [0.1, 0.15) is 32.1 Å². The highest BCUT2D eigenvalue weighted by Gasteiger charge is 2.37. The molecule has 2 atom stereocenters. The van der Waals surface area contributed by atoms with Crippen molar-refractivity contribution in [2.24, 2.45) is 5.92 Å². The van der Waals surface area contributed by atoms with Gasteiger partial charge in [0.1, 0.15) is 6.54 Å². The van der Waals surface area contributed by atoms with Crippen LogP contribution in [0.2, 0.25) is 0 Å². The number of urea groups is 1. The Morgan fingerprint density at radius 2 is 2.09 bits per heavy atom. The summed E-state index contributed by atoms with van der Waals surface area (Å²) in [6.45, 7) is -0.443. The average molecular weight is 316 g/mol. The summed E-state index contributed by atoms with van der Waals surface area (Å²) in [6, 6.07) is 0.0436. The number of carbonyl (C=O) groups excluding carboxylic acids is 1. The molecule has 1 aliphatic carbocycles.